The zero-order valence-corrected chi connectivity index (χ0v) is 13.9. The normalized spacial score (nSPS) is 11.2. The molecule has 0 saturated heterocycles. The van der Waals surface area contributed by atoms with E-state index in [1.165, 1.54) is 23.5 Å². The molecule has 0 aliphatic heterocycles. The SMILES string of the molecule is CCOc1ccc(CN(C)S(=O)(=O)c2ccccc2C#N)cc1. The molecule has 0 aliphatic rings. The second kappa shape index (κ2) is 7.27. The molecule has 0 aromatic heterocycles. The fourth-order valence-corrected chi connectivity index (χ4v) is 3.45. The van der Waals surface area contributed by atoms with Crippen molar-refractivity contribution in [3.8, 4) is 11.8 Å². The fraction of sp³-hybridized carbons (Fsp3) is 0.235. The Morgan fingerprint density at radius 3 is 2.39 bits per heavy atom. The van der Waals surface area contributed by atoms with Gasteiger partial charge in [0.15, 0.2) is 0 Å². The molecule has 0 unspecified atom stereocenters. The van der Waals surface area contributed by atoms with E-state index in [-0.39, 0.29) is 17.0 Å². The summed E-state index contributed by atoms with van der Waals surface area (Å²) >= 11 is 0. The smallest absolute Gasteiger partial charge is 0.244 e. The van der Waals surface area contributed by atoms with Crippen LogP contribution in [0, 0.1) is 11.3 Å². The van der Waals surface area contributed by atoms with Crippen LogP contribution in [-0.2, 0) is 16.6 Å². The van der Waals surface area contributed by atoms with E-state index in [9.17, 15) is 8.42 Å². The zero-order valence-electron chi connectivity index (χ0n) is 13.1. The van der Waals surface area contributed by atoms with E-state index in [0.717, 1.165) is 11.3 Å². The molecule has 2 aromatic carbocycles. The number of nitrogens with zero attached hydrogens (tertiary/aromatic N) is 2. The van der Waals surface area contributed by atoms with Crippen LogP contribution in [0.2, 0.25) is 0 Å². The first kappa shape index (κ1) is 17.0. The predicted octanol–water partition coefficient (Wildman–Crippen LogP) is 2.78. The third-order valence-corrected chi connectivity index (χ3v) is 5.20. The molecule has 6 heteroatoms. The monoisotopic (exact) mass is 330 g/mol. The highest BCUT2D eigenvalue weighted by Crippen LogP contribution is 2.21. The Labute approximate surface area is 136 Å². The summed E-state index contributed by atoms with van der Waals surface area (Å²) in [5.74, 6) is 0.747. The highest BCUT2D eigenvalue weighted by Gasteiger charge is 2.23. The molecule has 0 atom stereocenters. The summed E-state index contributed by atoms with van der Waals surface area (Å²) in [5.41, 5.74) is 0.986. The summed E-state index contributed by atoms with van der Waals surface area (Å²) in [4.78, 5) is 0.0240. The van der Waals surface area contributed by atoms with E-state index < -0.39 is 10.0 Å². The molecule has 5 nitrogen and oxygen atoms in total. The first-order valence-corrected chi connectivity index (χ1v) is 8.60. The van der Waals surface area contributed by atoms with E-state index in [0.29, 0.717) is 6.61 Å². The van der Waals surface area contributed by atoms with Crippen LogP contribution in [0.4, 0.5) is 0 Å². The number of hydrogen-bond acceptors (Lipinski definition) is 4. The maximum Gasteiger partial charge on any atom is 0.244 e. The average Bonchev–Trinajstić information content (AvgIpc) is 2.56. The Morgan fingerprint density at radius 1 is 1.13 bits per heavy atom. The van der Waals surface area contributed by atoms with E-state index >= 15 is 0 Å². The van der Waals surface area contributed by atoms with Gasteiger partial charge < -0.3 is 4.74 Å². The minimum atomic E-state index is -3.72. The van der Waals surface area contributed by atoms with E-state index in [4.69, 9.17) is 10.00 Å². The second-order valence-corrected chi connectivity index (χ2v) is 6.96. The molecular weight excluding hydrogens is 312 g/mol. The first-order valence-electron chi connectivity index (χ1n) is 7.16. The summed E-state index contributed by atoms with van der Waals surface area (Å²) in [7, 11) is -2.22. The van der Waals surface area contributed by atoms with Gasteiger partial charge in [0, 0.05) is 13.6 Å². The van der Waals surface area contributed by atoms with Crippen molar-refractivity contribution in [2.24, 2.45) is 0 Å². The van der Waals surface area contributed by atoms with Crippen LogP contribution < -0.4 is 4.74 Å². The lowest BCUT2D eigenvalue weighted by molar-refractivity contribution is 0.340. The molecule has 2 rings (SSSR count). The van der Waals surface area contributed by atoms with Gasteiger partial charge in [-0.1, -0.05) is 24.3 Å². The van der Waals surface area contributed by atoms with Crippen molar-refractivity contribution in [1.82, 2.24) is 4.31 Å². The Kier molecular flexibility index (Phi) is 5.37. The molecule has 0 spiro atoms. The molecule has 0 N–H and O–H groups in total. The maximum absolute atomic E-state index is 12.6. The maximum atomic E-state index is 12.6. The molecule has 0 fully saturated rings. The quantitative estimate of drug-likeness (QED) is 0.816. The molecule has 2 aromatic rings. The minimum Gasteiger partial charge on any atom is -0.494 e. The average molecular weight is 330 g/mol. The standard InChI is InChI=1S/C17H18N2O3S/c1-3-22-16-10-8-14(9-11-16)13-19(2)23(20,21)17-7-5-4-6-15(17)12-18/h4-11H,3,13H2,1-2H3. The largest absolute Gasteiger partial charge is 0.494 e. The van der Waals surface area contributed by atoms with Crippen LogP contribution in [0.5, 0.6) is 5.75 Å². The molecule has 0 radical (unpaired) electrons. The third-order valence-electron chi connectivity index (χ3n) is 3.34. The Morgan fingerprint density at radius 2 is 1.78 bits per heavy atom. The van der Waals surface area contributed by atoms with Gasteiger partial charge in [0.25, 0.3) is 0 Å². The molecule has 0 bridgehead atoms. The van der Waals surface area contributed by atoms with Gasteiger partial charge in [-0.3, -0.25) is 0 Å². The van der Waals surface area contributed by atoms with Gasteiger partial charge in [-0.25, -0.2) is 8.42 Å². The van der Waals surface area contributed by atoms with Crippen molar-refractivity contribution in [2.45, 2.75) is 18.4 Å². The topological polar surface area (TPSA) is 70.4 Å². The lowest BCUT2D eigenvalue weighted by Crippen LogP contribution is -2.27. The van der Waals surface area contributed by atoms with Crippen LogP contribution in [0.15, 0.2) is 53.4 Å². The Balaban J connectivity index is 2.22. The van der Waals surface area contributed by atoms with Gasteiger partial charge in [0.1, 0.15) is 11.8 Å². The minimum absolute atomic E-state index is 0.0240. The number of hydrogen-bond donors (Lipinski definition) is 0. The van der Waals surface area contributed by atoms with Crippen molar-refractivity contribution >= 4 is 10.0 Å². The summed E-state index contributed by atoms with van der Waals surface area (Å²) in [6.45, 7) is 2.70. The van der Waals surface area contributed by atoms with Crippen molar-refractivity contribution in [3.05, 3.63) is 59.7 Å². The number of ether oxygens (including phenoxy) is 1. The van der Waals surface area contributed by atoms with Gasteiger partial charge in [0.05, 0.1) is 17.1 Å². The molecular formula is C17H18N2O3S. The third kappa shape index (κ3) is 3.89. The number of nitriles is 1. The van der Waals surface area contributed by atoms with Gasteiger partial charge in [-0.15, -0.1) is 0 Å². The van der Waals surface area contributed by atoms with Crippen molar-refractivity contribution < 1.29 is 13.2 Å². The summed E-state index contributed by atoms with van der Waals surface area (Å²) in [6.07, 6.45) is 0. The fourth-order valence-electron chi connectivity index (χ4n) is 2.15. The molecule has 0 amide bonds. The molecule has 23 heavy (non-hydrogen) atoms. The summed E-state index contributed by atoms with van der Waals surface area (Å²) in [5, 5.41) is 9.09. The van der Waals surface area contributed by atoms with E-state index in [1.54, 1.807) is 12.1 Å². The number of benzene rings is 2. The lowest BCUT2D eigenvalue weighted by Gasteiger charge is -2.18. The van der Waals surface area contributed by atoms with Gasteiger partial charge in [-0.05, 0) is 36.8 Å². The van der Waals surface area contributed by atoms with Crippen molar-refractivity contribution in [1.29, 1.82) is 5.26 Å². The highest BCUT2D eigenvalue weighted by molar-refractivity contribution is 7.89. The number of sulfonamides is 1. The van der Waals surface area contributed by atoms with E-state index in [1.807, 2.05) is 37.3 Å². The first-order chi connectivity index (χ1) is 11.0. The number of rotatable bonds is 6. The van der Waals surface area contributed by atoms with Crippen LogP contribution in [0.1, 0.15) is 18.1 Å². The molecule has 0 aliphatic carbocycles. The predicted molar refractivity (Wildman–Crippen MR) is 87.4 cm³/mol. The molecule has 0 heterocycles. The lowest BCUT2D eigenvalue weighted by atomic mass is 10.2. The van der Waals surface area contributed by atoms with Gasteiger partial charge in [0.2, 0.25) is 10.0 Å². The highest BCUT2D eigenvalue weighted by atomic mass is 32.2. The van der Waals surface area contributed by atoms with Crippen LogP contribution in [-0.4, -0.2) is 26.4 Å². The van der Waals surface area contributed by atoms with E-state index in [2.05, 4.69) is 0 Å². The summed E-state index contributed by atoms with van der Waals surface area (Å²) in [6, 6.07) is 15.4. The molecule has 0 saturated carbocycles. The summed E-state index contributed by atoms with van der Waals surface area (Å²) < 4.78 is 31.9. The van der Waals surface area contributed by atoms with Crippen molar-refractivity contribution in [3.63, 3.8) is 0 Å². The van der Waals surface area contributed by atoms with Gasteiger partial charge in [-0.2, -0.15) is 9.57 Å². The zero-order chi connectivity index (χ0) is 16.9. The van der Waals surface area contributed by atoms with Crippen LogP contribution in [0.3, 0.4) is 0 Å². The van der Waals surface area contributed by atoms with Crippen molar-refractivity contribution in [2.75, 3.05) is 13.7 Å². The Bertz CT molecular complexity index is 808. The Hall–Kier alpha value is -2.36. The molecule has 120 valence electrons. The van der Waals surface area contributed by atoms with Crippen LogP contribution in [0.25, 0.3) is 0 Å². The second-order valence-electron chi connectivity index (χ2n) is 4.95. The van der Waals surface area contributed by atoms with Crippen LogP contribution >= 0.6 is 0 Å². The van der Waals surface area contributed by atoms with Gasteiger partial charge >= 0.3 is 0 Å².